The Labute approximate surface area is 161 Å². The minimum Gasteiger partial charge on any atom is -0.481 e. The van der Waals surface area contributed by atoms with Crippen molar-refractivity contribution in [2.45, 2.75) is 32.8 Å². The average Bonchev–Trinajstić information content (AvgIpc) is 2.62. The summed E-state index contributed by atoms with van der Waals surface area (Å²) in [6, 6.07) is 13.9. The zero-order valence-electron chi connectivity index (χ0n) is 14.8. The third-order valence-electron chi connectivity index (χ3n) is 3.60. The van der Waals surface area contributed by atoms with Crippen molar-refractivity contribution in [3.63, 3.8) is 0 Å². The zero-order chi connectivity index (χ0) is 18.9. The van der Waals surface area contributed by atoms with Crippen molar-refractivity contribution in [3.8, 4) is 5.75 Å². The Balaban J connectivity index is 1.89. The lowest BCUT2D eigenvalue weighted by atomic mass is 10.2. The molecule has 1 amide bonds. The van der Waals surface area contributed by atoms with Crippen molar-refractivity contribution in [2.24, 2.45) is 0 Å². The number of hydrogen-bond acceptors (Lipinski definition) is 4. The first kappa shape index (κ1) is 20.0. The molecule has 1 atom stereocenters. The van der Waals surface area contributed by atoms with Gasteiger partial charge in [0.05, 0.1) is 12.2 Å². The van der Waals surface area contributed by atoms with Crippen molar-refractivity contribution in [1.82, 2.24) is 0 Å². The van der Waals surface area contributed by atoms with Gasteiger partial charge in [0, 0.05) is 10.2 Å². The molecule has 0 fully saturated rings. The molecule has 0 aliphatic heterocycles. The predicted molar refractivity (Wildman–Crippen MR) is 104 cm³/mol. The van der Waals surface area contributed by atoms with Gasteiger partial charge in [0.2, 0.25) is 0 Å². The maximum Gasteiger partial charge on any atom is 0.338 e. The maximum atomic E-state index is 12.3. The molecule has 0 aromatic heterocycles. The van der Waals surface area contributed by atoms with E-state index in [0.717, 1.165) is 17.3 Å². The van der Waals surface area contributed by atoms with E-state index in [-0.39, 0.29) is 11.9 Å². The van der Waals surface area contributed by atoms with Gasteiger partial charge in [-0.2, -0.15) is 0 Å². The van der Waals surface area contributed by atoms with Gasteiger partial charge in [-0.3, -0.25) is 4.79 Å². The van der Waals surface area contributed by atoms with Gasteiger partial charge in [0.25, 0.3) is 5.91 Å². The van der Waals surface area contributed by atoms with Crippen LogP contribution in [0.2, 0.25) is 0 Å². The van der Waals surface area contributed by atoms with Crippen LogP contribution in [0, 0.1) is 0 Å². The number of rotatable bonds is 8. The SMILES string of the molecule is CCCCOC(=O)c1ccc(NC(=O)C(C)Oc2cccc(Br)c2)cc1. The minimum absolute atomic E-state index is 0.275. The smallest absolute Gasteiger partial charge is 0.338 e. The van der Waals surface area contributed by atoms with Crippen molar-refractivity contribution in [3.05, 3.63) is 58.6 Å². The van der Waals surface area contributed by atoms with E-state index in [9.17, 15) is 9.59 Å². The first-order chi connectivity index (χ1) is 12.5. The molecule has 2 rings (SSSR count). The lowest BCUT2D eigenvalue weighted by Crippen LogP contribution is -2.30. The summed E-state index contributed by atoms with van der Waals surface area (Å²) in [5, 5.41) is 2.77. The van der Waals surface area contributed by atoms with Gasteiger partial charge in [0.1, 0.15) is 5.75 Å². The Bertz CT molecular complexity index is 746. The molecule has 0 saturated carbocycles. The van der Waals surface area contributed by atoms with Gasteiger partial charge in [-0.1, -0.05) is 35.3 Å². The van der Waals surface area contributed by atoms with Crippen molar-refractivity contribution < 1.29 is 19.1 Å². The number of unbranched alkanes of at least 4 members (excludes halogenated alkanes) is 1. The van der Waals surface area contributed by atoms with E-state index in [2.05, 4.69) is 21.2 Å². The van der Waals surface area contributed by atoms with Gasteiger partial charge in [-0.25, -0.2) is 4.79 Å². The molecule has 0 heterocycles. The van der Waals surface area contributed by atoms with Gasteiger partial charge in [-0.05, 0) is 55.8 Å². The highest BCUT2D eigenvalue weighted by molar-refractivity contribution is 9.10. The number of halogens is 1. The molecule has 0 spiro atoms. The minimum atomic E-state index is -0.664. The summed E-state index contributed by atoms with van der Waals surface area (Å²) in [5.41, 5.74) is 1.04. The number of amides is 1. The van der Waals surface area contributed by atoms with Crippen LogP contribution in [-0.4, -0.2) is 24.6 Å². The van der Waals surface area contributed by atoms with E-state index in [1.165, 1.54) is 0 Å². The quantitative estimate of drug-likeness (QED) is 0.492. The Kier molecular flexibility index (Phi) is 7.66. The van der Waals surface area contributed by atoms with Gasteiger partial charge >= 0.3 is 5.97 Å². The van der Waals surface area contributed by atoms with E-state index in [4.69, 9.17) is 9.47 Å². The highest BCUT2D eigenvalue weighted by atomic mass is 79.9. The lowest BCUT2D eigenvalue weighted by Gasteiger charge is -2.15. The molecular formula is C20H22BrNO4. The molecule has 0 aliphatic rings. The first-order valence-corrected chi connectivity index (χ1v) is 9.29. The molecule has 0 bridgehead atoms. The van der Waals surface area contributed by atoms with Crippen LogP contribution in [0.4, 0.5) is 5.69 Å². The van der Waals surface area contributed by atoms with E-state index in [1.807, 2.05) is 19.1 Å². The second kappa shape index (κ2) is 9.97. The Hall–Kier alpha value is -2.34. The van der Waals surface area contributed by atoms with Crippen LogP contribution in [0.1, 0.15) is 37.0 Å². The molecule has 138 valence electrons. The molecule has 5 nitrogen and oxygen atoms in total. The Morgan fingerprint density at radius 3 is 2.54 bits per heavy atom. The third-order valence-corrected chi connectivity index (χ3v) is 4.09. The maximum absolute atomic E-state index is 12.3. The molecule has 0 radical (unpaired) electrons. The van der Waals surface area contributed by atoms with Crippen LogP contribution < -0.4 is 10.1 Å². The summed E-state index contributed by atoms with van der Waals surface area (Å²) < 4.78 is 11.7. The molecule has 2 aromatic rings. The van der Waals surface area contributed by atoms with E-state index < -0.39 is 6.10 Å². The second-order valence-corrected chi connectivity index (χ2v) is 6.69. The molecule has 2 aromatic carbocycles. The normalized spacial score (nSPS) is 11.5. The van der Waals surface area contributed by atoms with Gasteiger partial charge in [-0.15, -0.1) is 0 Å². The fourth-order valence-corrected chi connectivity index (χ4v) is 2.50. The number of carbonyl (C=O) groups excluding carboxylic acids is 2. The number of nitrogens with one attached hydrogen (secondary N) is 1. The van der Waals surface area contributed by atoms with Crippen LogP contribution in [0.25, 0.3) is 0 Å². The average molecular weight is 420 g/mol. The number of anilines is 1. The van der Waals surface area contributed by atoms with Crippen LogP contribution in [0.3, 0.4) is 0 Å². The summed E-state index contributed by atoms with van der Waals surface area (Å²) in [7, 11) is 0. The van der Waals surface area contributed by atoms with E-state index >= 15 is 0 Å². The fraction of sp³-hybridized carbons (Fsp3) is 0.300. The summed E-state index contributed by atoms with van der Waals surface area (Å²) in [6.45, 7) is 4.13. The number of benzene rings is 2. The van der Waals surface area contributed by atoms with Gasteiger partial charge in [0.15, 0.2) is 6.10 Å². The summed E-state index contributed by atoms with van der Waals surface area (Å²) in [4.78, 5) is 24.1. The summed E-state index contributed by atoms with van der Waals surface area (Å²) in [6.07, 6.45) is 1.15. The van der Waals surface area contributed by atoms with Crippen LogP contribution in [0.15, 0.2) is 53.0 Å². The molecule has 0 saturated heterocycles. The number of hydrogen-bond donors (Lipinski definition) is 1. The zero-order valence-corrected chi connectivity index (χ0v) is 16.4. The lowest BCUT2D eigenvalue weighted by molar-refractivity contribution is -0.122. The van der Waals surface area contributed by atoms with Crippen LogP contribution in [-0.2, 0) is 9.53 Å². The molecule has 1 unspecified atom stereocenters. The molecule has 6 heteroatoms. The summed E-state index contributed by atoms with van der Waals surface area (Å²) in [5.74, 6) is -0.0295. The van der Waals surface area contributed by atoms with E-state index in [1.54, 1.807) is 43.3 Å². The number of ether oxygens (including phenoxy) is 2. The van der Waals surface area contributed by atoms with E-state index in [0.29, 0.717) is 23.6 Å². The van der Waals surface area contributed by atoms with Gasteiger partial charge < -0.3 is 14.8 Å². The monoisotopic (exact) mass is 419 g/mol. The molecule has 0 aliphatic carbocycles. The van der Waals surface area contributed by atoms with Crippen molar-refractivity contribution in [1.29, 1.82) is 0 Å². The summed E-state index contributed by atoms with van der Waals surface area (Å²) >= 11 is 3.36. The van der Waals surface area contributed by atoms with Crippen molar-refractivity contribution >= 4 is 33.5 Å². The largest absolute Gasteiger partial charge is 0.481 e. The highest BCUT2D eigenvalue weighted by Gasteiger charge is 2.15. The van der Waals surface area contributed by atoms with Crippen LogP contribution in [0.5, 0.6) is 5.75 Å². The fourth-order valence-electron chi connectivity index (χ4n) is 2.12. The topological polar surface area (TPSA) is 64.6 Å². The highest BCUT2D eigenvalue weighted by Crippen LogP contribution is 2.19. The third kappa shape index (κ3) is 6.19. The predicted octanol–water partition coefficient (Wildman–Crippen LogP) is 4.81. The molecule has 1 N–H and O–H groups in total. The second-order valence-electron chi connectivity index (χ2n) is 5.77. The number of carbonyl (C=O) groups is 2. The molecule has 26 heavy (non-hydrogen) atoms. The molecular weight excluding hydrogens is 398 g/mol. The van der Waals surface area contributed by atoms with Crippen LogP contribution >= 0.6 is 15.9 Å². The Morgan fingerprint density at radius 1 is 1.15 bits per heavy atom. The van der Waals surface area contributed by atoms with Crippen molar-refractivity contribution in [2.75, 3.05) is 11.9 Å². The Morgan fingerprint density at radius 2 is 1.88 bits per heavy atom. The first-order valence-electron chi connectivity index (χ1n) is 8.50. The number of esters is 1. The standard InChI is InChI=1S/C20H22BrNO4/c1-3-4-12-25-20(24)15-8-10-17(11-9-15)22-19(23)14(2)26-18-7-5-6-16(21)13-18/h5-11,13-14H,3-4,12H2,1-2H3,(H,22,23).